The molecule has 1 amide bonds. The van der Waals surface area contributed by atoms with Gasteiger partial charge in [-0.2, -0.15) is 0 Å². The molecule has 2 aromatic heterocycles. The van der Waals surface area contributed by atoms with E-state index in [2.05, 4.69) is 5.16 Å². The maximum absolute atomic E-state index is 13.6. The van der Waals surface area contributed by atoms with Crippen LogP contribution in [0.15, 0.2) is 56.2 Å². The monoisotopic (exact) mass is 436 g/mol. The fourth-order valence-electron chi connectivity index (χ4n) is 3.98. The highest BCUT2D eigenvalue weighted by Gasteiger charge is 2.45. The molecule has 156 valence electrons. The largest absolute Gasteiger partial charge is 0.496 e. The Hall–Kier alpha value is -3.58. The lowest BCUT2D eigenvalue weighted by Gasteiger charge is -2.23. The predicted molar refractivity (Wildman–Crippen MR) is 115 cm³/mol. The Labute approximate surface area is 181 Å². The number of rotatable bonds is 3. The van der Waals surface area contributed by atoms with E-state index >= 15 is 0 Å². The van der Waals surface area contributed by atoms with Crippen LogP contribution >= 0.6 is 11.6 Å². The van der Waals surface area contributed by atoms with Gasteiger partial charge in [0, 0.05) is 16.7 Å². The average Bonchev–Trinajstić information content (AvgIpc) is 3.30. The zero-order chi connectivity index (χ0) is 21.9. The number of fused-ring (bicyclic) bond motifs is 2. The number of ether oxygens (including phenoxy) is 1. The highest BCUT2D eigenvalue weighted by atomic mass is 35.5. The number of halogens is 1. The van der Waals surface area contributed by atoms with Crippen LogP contribution in [0.2, 0.25) is 5.02 Å². The molecule has 4 aromatic rings. The molecule has 0 saturated carbocycles. The van der Waals surface area contributed by atoms with Gasteiger partial charge in [0.2, 0.25) is 5.76 Å². The second kappa shape index (κ2) is 6.99. The van der Waals surface area contributed by atoms with Gasteiger partial charge in [0.15, 0.2) is 11.2 Å². The molecule has 0 unspecified atom stereocenters. The third kappa shape index (κ3) is 2.84. The molecule has 0 spiro atoms. The van der Waals surface area contributed by atoms with Gasteiger partial charge in [0.1, 0.15) is 23.1 Å². The molecule has 1 aliphatic rings. The van der Waals surface area contributed by atoms with E-state index in [1.54, 1.807) is 44.2 Å². The first-order valence-corrected chi connectivity index (χ1v) is 9.95. The van der Waals surface area contributed by atoms with Crippen LogP contribution in [0.4, 0.5) is 5.82 Å². The van der Waals surface area contributed by atoms with E-state index in [1.165, 1.54) is 12.0 Å². The molecule has 0 N–H and O–H groups in total. The molecule has 31 heavy (non-hydrogen) atoms. The molecule has 0 saturated heterocycles. The summed E-state index contributed by atoms with van der Waals surface area (Å²) in [7, 11) is 1.53. The van der Waals surface area contributed by atoms with Gasteiger partial charge in [0.05, 0.1) is 18.1 Å². The third-order valence-corrected chi connectivity index (χ3v) is 5.85. The lowest BCUT2D eigenvalue weighted by atomic mass is 9.97. The first kappa shape index (κ1) is 19.4. The van der Waals surface area contributed by atoms with Crippen LogP contribution in [0.5, 0.6) is 5.75 Å². The molecule has 5 rings (SSSR count). The highest BCUT2D eigenvalue weighted by Crippen LogP contribution is 2.43. The van der Waals surface area contributed by atoms with Gasteiger partial charge in [-0.05, 0) is 37.6 Å². The average molecular weight is 437 g/mol. The Balaban J connectivity index is 1.86. The minimum absolute atomic E-state index is 0.0317. The number of aryl methyl sites for hydroxylation is 2. The molecule has 1 atom stereocenters. The third-order valence-electron chi connectivity index (χ3n) is 5.45. The second-order valence-electron chi connectivity index (χ2n) is 7.39. The predicted octanol–water partition coefficient (Wildman–Crippen LogP) is 4.81. The van der Waals surface area contributed by atoms with Crippen molar-refractivity contribution in [2.24, 2.45) is 0 Å². The van der Waals surface area contributed by atoms with Crippen LogP contribution in [0.25, 0.3) is 11.0 Å². The van der Waals surface area contributed by atoms with Crippen molar-refractivity contribution in [3.63, 3.8) is 0 Å². The Kier molecular flexibility index (Phi) is 4.37. The quantitative estimate of drug-likeness (QED) is 0.458. The summed E-state index contributed by atoms with van der Waals surface area (Å²) in [6, 6.07) is 11.3. The molecular formula is C23H17ClN2O5. The molecule has 8 heteroatoms. The lowest BCUT2D eigenvalue weighted by Crippen LogP contribution is -2.30. The normalized spacial score (nSPS) is 15.5. The van der Waals surface area contributed by atoms with Gasteiger partial charge in [0.25, 0.3) is 5.91 Å². The number of hydrogen-bond donors (Lipinski definition) is 0. The number of aromatic nitrogens is 1. The van der Waals surface area contributed by atoms with Crippen LogP contribution in [-0.2, 0) is 0 Å². The molecule has 0 radical (unpaired) electrons. The fourth-order valence-corrected chi connectivity index (χ4v) is 4.15. The molecule has 0 fully saturated rings. The number of nitrogens with zero attached hydrogens (tertiary/aromatic N) is 2. The first-order valence-electron chi connectivity index (χ1n) is 9.57. The molecule has 7 nitrogen and oxygen atoms in total. The molecule has 3 heterocycles. The van der Waals surface area contributed by atoms with Crippen molar-refractivity contribution in [3.8, 4) is 5.75 Å². The van der Waals surface area contributed by atoms with E-state index in [9.17, 15) is 9.59 Å². The fraction of sp³-hybridized carbons (Fsp3) is 0.174. The minimum Gasteiger partial charge on any atom is -0.496 e. The Morgan fingerprint density at radius 1 is 1.13 bits per heavy atom. The Morgan fingerprint density at radius 3 is 2.61 bits per heavy atom. The van der Waals surface area contributed by atoms with Gasteiger partial charge < -0.3 is 13.7 Å². The maximum Gasteiger partial charge on any atom is 0.296 e. The molecule has 1 aliphatic heterocycles. The van der Waals surface area contributed by atoms with Crippen molar-refractivity contribution < 1.29 is 18.5 Å². The Morgan fingerprint density at radius 2 is 1.90 bits per heavy atom. The van der Waals surface area contributed by atoms with Crippen molar-refractivity contribution in [2.45, 2.75) is 19.9 Å². The number of para-hydroxylation sites is 1. The van der Waals surface area contributed by atoms with Crippen LogP contribution in [-0.4, -0.2) is 18.2 Å². The van der Waals surface area contributed by atoms with Crippen molar-refractivity contribution in [3.05, 3.63) is 85.9 Å². The van der Waals surface area contributed by atoms with Crippen molar-refractivity contribution in [2.75, 3.05) is 12.0 Å². The van der Waals surface area contributed by atoms with E-state index < -0.39 is 11.9 Å². The van der Waals surface area contributed by atoms with Gasteiger partial charge >= 0.3 is 0 Å². The van der Waals surface area contributed by atoms with Crippen LogP contribution in [0.3, 0.4) is 0 Å². The first-order chi connectivity index (χ1) is 14.9. The van der Waals surface area contributed by atoms with Crippen LogP contribution in [0.1, 0.15) is 39.0 Å². The maximum atomic E-state index is 13.6. The smallest absolute Gasteiger partial charge is 0.296 e. The van der Waals surface area contributed by atoms with Gasteiger partial charge in [-0.15, -0.1) is 0 Å². The molecule has 0 bridgehead atoms. The van der Waals surface area contributed by atoms with Crippen molar-refractivity contribution in [1.29, 1.82) is 0 Å². The van der Waals surface area contributed by atoms with Crippen LogP contribution in [0, 0.1) is 13.8 Å². The molecule has 0 aliphatic carbocycles. The number of carbonyl (C=O) groups excluding carboxylic acids is 1. The van der Waals surface area contributed by atoms with E-state index in [1.807, 2.05) is 12.1 Å². The summed E-state index contributed by atoms with van der Waals surface area (Å²) in [5.41, 5.74) is 1.55. The summed E-state index contributed by atoms with van der Waals surface area (Å²) in [4.78, 5) is 28.5. The Bertz CT molecular complexity index is 1420. The molecular weight excluding hydrogens is 420 g/mol. The van der Waals surface area contributed by atoms with Gasteiger partial charge in [-0.25, -0.2) is 0 Å². The second-order valence-corrected chi connectivity index (χ2v) is 7.79. The number of anilines is 1. The van der Waals surface area contributed by atoms with Gasteiger partial charge in [-0.3, -0.25) is 14.5 Å². The summed E-state index contributed by atoms with van der Waals surface area (Å²) in [5.74, 6) is 0.827. The number of benzene rings is 2. The summed E-state index contributed by atoms with van der Waals surface area (Å²) >= 11 is 6.27. The summed E-state index contributed by atoms with van der Waals surface area (Å²) in [6.07, 6.45) is 0. The van der Waals surface area contributed by atoms with Gasteiger partial charge in [-0.1, -0.05) is 35.0 Å². The van der Waals surface area contributed by atoms with E-state index in [0.29, 0.717) is 33.1 Å². The van der Waals surface area contributed by atoms with E-state index in [0.717, 1.165) is 5.56 Å². The SMILES string of the molecule is COc1ccccc1[C@@H]1c2c(oc3cc(C)c(Cl)cc3c2=O)C(=O)N1c1cc(C)on1. The summed E-state index contributed by atoms with van der Waals surface area (Å²) < 4.78 is 16.7. The van der Waals surface area contributed by atoms with Crippen molar-refractivity contribution >= 4 is 34.3 Å². The van der Waals surface area contributed by atoms with E-state index in [4.69, 9.17) is 25.3 Å². The van der Waals surface area contributed by atoms with E-state index in [-0.39, 0.29) is 22.6 Å². The molecule has 2 aromatic carbocycles. The standard InChI is InChI=1S/C23H17ClN2O5/c1-11-8-17-14(10-15(11)24)21(27)19-20(13-6-4-5-7-16(13)29-3)26(23(28)22(19)30-17)18-9-12(2)31-25-18/h4-10,20H,1-3H3/t20-/m1/s1. The minimum atomic E-state index is -0.802. The number of methoxy groups -OCH3 is 1. The highest BCUT2D eigenvalue weighted by molar-refractivity contribution is 6.32. The summed E-state index contributed by atoms with van der Waals surface area (Å²) in [5, 5.41) is 4.77. The topological polar surface area (TPSA) is 85.8 Å². The number of carbonyl (C=O) groups is 1. The zero-order valence-electron chi connectivity index (χ0n) is 16.9. The number of amides is 1. The summed E-state index contributed by atoms with van der Waals surface area (Å²) in [6.45, 7) is 3.53. The van der Waals surface area contributed by atoms with Crippen LogP contribution < -0.4 is 15.1 Å². The zero-order valence-corrected chi connectivity index (χ0v) is 17.7. The number of hydrogen-bond acceptors (Lipinski definition) is 6. The lowest BCUT2D eigenvalue weighted by molar-refractivity contribution is 0.0969. The van der Waals surface area contributed by atoms with Crippen molar-refractivity contribution in [1.82, 2.24) is 5.16 Å².